The summed E-state index contributed by atoms with van der Waals surface area (Å²) in [6, 6.07) is 4.59. The predicted molar refractivity (Wildman–Crippen MR) is 80.7 cm³/mol. The van der Waals surface area contributed by atoms with E-state index in [1.54, 1.807) is 19.2 Å². The van der Waals surface area contributed by atoms with Crippen molar-refractivity contribution in [3.05, 3.63) is 33.9 Å². The third-order valence-electron chi connectivity index (χ3n) is 2.94. The molecule has 0 bridgehead atoms. The van der Waals surface area contributed by atoms with Crippen LogP contribution < -0.4 is 10.6 Å². The van der Waals surface area contributed by atoms with Gasteiger partial charge in [0.25, 0.3) is 5.91 Å². The second kappa shape index (κ2) is 7.03. The number of nitrogens with one attached hydrogen (secondary N) is 2. The Morgan fingerprint density at radius 1 is 1.43 bits per heavy atom. The number of anilines is 1. The maximum Gasteiger partial charge on any atom is 0.305 e. The molecule has 0 atom stereocenters. The van der Waals surface area contributed by atoms with Gasteiger partial charge in [0.05, 0.1) is 10.5 Å². The van der Waals surface area contributed by atoms with Gasteiger partial charge in [0, 0.05) is 20.2 Å². The molecule has 7 nitrogen and oxygen atoms in total. The van der Waals surface area contributed by atoms with Crippen LogP contribution in [0.3, 0.4) is 0 Å². The molecule has 7 heteroatoms. The molecule has 1 amide bonds. The topological polar surface area (TPSA) is 93.5 Å². The number of hydrogen-bond donors (Lipinski definition) is 2. The third kappa shape index (κ3) is 4.42. The van der Waals surface area contributed by atoms with Crippen molar-refractivity contribution >= 4 is 17.3 Å². The Labute approximate surface area is 123 Å². The molecular formula is C14H21N3O4. The molecule has 116 valence electrons. The van der Waals surface area contributed by atoms with Gasteiger partial charge in [-0.15, -0.1) is 0 Å². The Bertz CT molecular complexity index is 529. The Hall–Kier alpha value is -2.15. The molecule has 0 spiro atoms. The maximum atomic E-state index is 12.2. The molecule has 0 aliphatic rings. The second-order valence-corrected chi connectivity index (χ2v) is 5.08. The van der Waals surface area contributed by atoms with Crippen LogP contribution >= 0.6 is 0 Å². The number of ether oxygens (including phenoxy) is 1. The zero-order valence-electron chi connectivity index (χ0n) is 12.7. The summed E-state index contributed by atoms with van der Waals surface area (Å²) in [4.78, 5) is 22.8. The molecule has 0 fully saturated rings. The van der Waals surface area contributed by atoms with Crippen molar-refractivity contribution in [2.24, 2.45) is 0 Å². The van der Waals surface area contributed by atoms with Crippen molar-refractivity contribution in [3.8, 4) is 0 Å². The van der Waals surface area contributed by atoms with Gasteiger partial charge < -0.3 is 15.4 Å². The number of nitro benzene ring substituents is 1. The molecule has 2 N–H and O–H groups in total. The molecule has 0 saturated carbocycles. The lowest BCUT2D eigenvalue weighted by atomic mass is 10.1. The van der Waals surface area contributed by atoms with Gasteiger partial charge in [0.2, 0.25) is 0 Å². The lowest BCUT2D eigenvalue weighted by Gasteiger charge is -2.24. The van der Waals surface area contributed by atoms with Crippen LogP contribution in [0.25, 0.3) is 0 Å². The fourth-order valence-electron chi connectivity index (χ4n) is 1.96. The summed E-state index contributed by atoms with van der Waals surface area (Å²) in [5.74, 6) is -0.494. The largest absolute Gasteiger partial charge is 0.383 e. The van der Waals surface area contributed by atoms with E-state index in [9.17, 15) is 14.9 Å². The molecule has 21 heavy (non-hydrogen) atoms. The van der Waals surface area contributed by atoms with E-state index >= 15 is 0 Å². The summed E-state index contributed by atoms with van der Waals surface area (Å²) in [6.45, 7) is 6.34. The number of rotatable bonds is 7. The first kappa shape index (κ1) is 16.9. The number of nitro groups is 1. The smallest absolute Gasteiger partial charge is 0.305 e. The molecule has 0 heterocycles. The molecule has 0 aliphatic heterocycles. The highest BCUT2D eigenvalue weighted by Gasteiger charge is 2.25. The average molecular weight is 295 g/mol. The average Bonchev–Trinajstić information content (AvgIpc) is 2.43. The van der Waals surface area contributed by atoms with Gasteiger partial charge in [-0.1, -0.05) is 6.07 Å². The fraction of sp³-hybridized carbons (Fsp3) is 0.500. The standard InChI is InChI=1S/C14H21N3O4/c1-5-21-14(2,3)9-16-13(18)10-7-6-8-11(15-4)12(10)17(19)20/h6-8,15H,5,9H2,1-4H3,(H,16,18). The quantitative estimate of drug-likeness (QED) is 0.594. The monoisotopic (exact) mass is 295 g/mol. The van der Waals surface area contributed by atoms with Gasteiger partial charge in [-0.2, -0.15) is 0 Å². The number of para-hydroxylation sites is 1. The molecule has 0 aromatic heterocycles. The van der Waals surface area contributed by atoms with Gasteiger partial charge in [0.1, 0.15) is 11.3 Å². The highest BCUT2D eigenvalue weighted by molar-refractivity contribution is 6.00. The van der Waals surface area contributed by atoms with E-state index in [2.05, 4.69) is 10.6 Å². The highest BCUT2D eigenvalue weighted by atomic mass is 16.6. The van der Waals surface area contributed by atoms with Crippen LogP contribution in [0.2, 0.25) is 0 Å². The predicted octanol–water partition coefficient (Wildman–Crippen LogP) is 2.18. The molecule has 0 aliphatic carbocycles. The molecular weight excluding hydrogens is 274 g/mol. The van der Waals surface area contributed by atoms with E-state index in [-0.39, 0.29) is 17.8 Å². The number of benzene rings is 1. The van der Waals surface area contributed by atoms with Gasteiger partial charge in [-0.3, -0.25) is 14.9 Å². The number of nitrogens with zero attached hydrogens (tertiary/aromatic N) is 1. The van der Waals surface area contributed by atoms with Crippen LogP contribution in [0, 0.1) is 10.1 Å². The molecule has 1 rings (SSSR count). The lowest BCUT2D eigenvalue weighted by molar-refractivity contribution is -0.384. The maximum absolute atomic E-state index is 12.2. The first-order valence-electron chi connectivity index (χ1n) is 6.69. The SMILES string of the molecule is CCOC(C)(C)CNC(=O)c1cccc(NC)c1[N+](=O)[O-]. The summed E-state index contributed by atoms with van der Waals surface area (Å²) in [5.41, 5.74) is -0.428. The van der Waals surface area contributed by atoms with Crippen LogP contribution in [-0.2, 0) is 4.74 Å². The van der Waals surface area contributed by atoms with E-state index in [1.165, 1.54) is 6.07 Å². The number of carbonyl (C=O) groups excluding carboxylic acids is 1. The Morgan fingerprint density at radius 3 is 2.62 bits per heavy atom. The minimum Gasteiger partial charge on any atom is -0.383 e. The van der Waals surface area contributed by atoms with E-state index in [0.717, 1.165) is 0 Å². The van der Waals surface area contributed by atoms with Crippen molar-refractivity contribution in [1.82, 2.24) is 5.32 Å². The van der Waals surface area contributed by atoms with E-state index in [0.29, 0.717) is 12.3 Å². The van der Waals surface area contributed by atoms with Crippen LogP contribution in [0.4, 0.5) is 11.4 Å². The highest BCUT2D eigenvalue weighted by Crippen LogP contribution is 2.28. The summed E-state index contributed by atoms with van der Waals surface area (Å²) < 4.78 is 5.48. The Morgan fingerprint density at radius 2 is 2.10 bits per heavy atom. The Balaban J connectivity index is 2.95. The number of hydrogen-bond acceptors (Lipinski definition) is 5. The Kier molecular flexibility index (Phi) is 5.66. The van der Waals surface area contributed by atoms with Crippen molar-refractivity contribution in [2.45, 2.75) is 26.4 Å². The van der Waals surface area contributed by atoms with E-state index < -0.39 is 16.4 Å². The van der Waals surface area contributed by atoms with Crippen LogP contribution in [0.15, 0.2) is 18.2 Å². The summed E-state index contributed by atoms with van der Waals surface area (Å²) in [6.07, 6.45) is 0. The summed E-state index contributed by atoms with van der Waals surface area (Å²) >= 11 is 0. The first-order valence-corrected chi connectivity index (χ1v) is 6.69. The molecule has 1 aromatic carbocycles. The third-order valence-corrected chi connectivity index (χ3v) is 2.94. The molecule has 0 saturated heterocycles. The van der Waals surface area contributed by atoms with Crippen LogP contribution in [-0.4, -0.2) is 36.6 Å². The van der Waals surface area contributed by atoms with Crippen molar-refractivity contribution < 1.29 is 14.5 Å². The molecule has 1 aromatic rings. The van der Waals surface area contributed by atoms with Gasteiger partial charge in [-0.05, 0) is 32.9 Å². The second-order valence-electron chi connectivity index (χ2n) is 5.08. The zero-order valence-corrected chi connectivity index (χ0v) is 12.7. The van der Waals surface area contributed by atoms with Gasteiger partial charge >= 0.3 is 5.69 Å². The van der Waals surface area contributed by atoms with Crippen molar-refractivity contribution in [1.29, 1.82) is 0 Å². The van der Waals surface area contributed by atoms with E-state index in [1.807, 2.05) is 20.8 Å². The lowest BCUT2D eigenvalue weighted by Crippen LogP contribution is -2.40. The van der Waals surface area contributed by atoms with E-state index in [4.69, 9.17) is 4.74 Å². The normalized spacial score (nSPS) is 11.0. The van der Waals surface area contributed by atoms with Gasteiger partial charge in [-0.25, -0.2) is 0 Å². The molecule has 0 radical (unpaired) electrons. The summed E-state index contributed by atoms with van der Waals surface area (Å²) in [7, 11) is 1.57. The van der Waals surface area contributed by atoms with Crippen molar-refractivity contribution in [3.63, 3.8) is 0 Å². The minimum atomic E-state index is -0.561. The fourth-order valence-corrected chi connectivity index (χ4v) is 1.96. The number of amides is 1. The van der Waals surface area contributed by atoms with Gasteiger partial charge in [0.15, 0.2) is 0 Å². The van der Waals surface area contributed by atoms with Crippen molar-refractivity contribution in [2.75, 3.05) is 25.5 Å². The zero-order chi connectivity index (χ0) is 16.0. The summed E-state index contributed by atoms with van der Waals surface area (Å²) in [5, 5.41) is 16.6. The molecule has 0 unspecified atom stereocenters. The first-order chi connectivity index (χ1) is 9.82. The minimum absolute atomic E-state index is 0.0270. The number of carbonyl (C=O) groups is 1. The van der Waals surface area contributed by atoms with Crippen LogP contribution in [0.5, 0.6) is 0 Å². The van der Waals surface area contributed by atoms with Crippen LogP contribution in [0.1, 0.15) is 31.1 Å².